The molecular weight excluding hydrogens is 380 g/mol. The number of ether oxygens (including phenoxy) is 1. The zero-order chi connectivity index (χ0) is 18.1. The summed E-state index contributed by atoms with van der Waals surface area (Å²) in [5, 5.41) is 2.36. The van der Waals surface area contributed by atoms with Gasteiger partial charge in [-0.25, -0.2) is 4.79 Å². The highest BCUT2D eigenvalue weighted by atomic mass is 79.9. The molecule has 0 unspecified atom stereocenters. The van der Waals surface area contributed by atoms with Gasteiger partial charge in [0.2, 0.25) is 0 Å². The first kappa shape index (κ1) is 19.8. The number of primary amides is 1. The lowest BCUT2D eigenvalue weighted by atomic mass is 9.99. The summed E-state index contributed by atoms with van der Waals surface area (Å²) in [6.45, 7) is 3.39. The van der Waals surface area contributed by atoms with E-state index in [0.29, 0.717) is 12.2 Å². The molecular formula is C15H21BrN4O4. The molecule has 0 aliphatic heterocycles. The van der Waals surface area contributed by atoms with Crippen LogP contribution in [-0.4, -0.2) is 30.5 Å². The number of carbonyl (C=O) groups excluding carboxylic acids is 3. The van der Waals surface area contributed by atoms with Crippen molar-refractivity contribution >= 4 is 33.8 Å². The third-order valence-electron chi connectivity index (χ3n) is 3.28. The molecule has 4 amide bonds. The van der Waals surface area contributed by atoms with E-state index in [1.807, 2.05) is 13.0 Å². The highest BCUT2D eigenvalue weighted by molar-refractivity contribution is 9.10. The van der Waals surface area contributed by atoms with Crippen molar-refractivity contribution in [2.75, 3.05) is 6.61 Å². The monoisotopic (exact) mass is 400 g/mol. The van der Waals surface area contributed by atoms with Gasteiger partial charge in [-0.1, -0.05) is 42.3 Å². The van der Waals surface area contributed by atoms with Crippen LogP contribution in [0.3, 0.4) is 0 Å². The molecule has 5 N–H and O–H groups in total. The fraction of sp³-hybridized carbons (Fsp3) is 0.400. The topological polar surface area (TPSA) is 123 Å². The average molecular weight is 401 g/mol. The van der Waals surface area contributed by atoms with Gasteiger partial charge in [0.15, 0.2) is 6.61 Å². The highest BCUT2D eigenvalue weighted by Gasteiger charge is 2.25. The largest absolute Gasteiger partial charge is 0.484 e. The van der Waals surface area contributed by atoms with Gasteiger partial charge in [-0.3, -0.25) is 20.4 Å². The molecule has 0 aromatic heterocycles. The van der Waals surface area contributed by atoms with Gasteiger partial charge < -0.3 is 15.8 Å². The third-order valence-corrected chi connectivity index (χ3v) is 3.78. The Bertz CT molecular complexity index is 597. The van der Waals surface area contributed by atoms with Crippen molar-refractivity contribution in [3.05, 3.63) is 28.7 Å². The zero-order valence-corrected chi connectivity index (χ0v) is 15.1. The summed E-state index contributed by atoms with van der Waals surface area (Å²) in [6, 6.07) is 5.37. The lowest BCUT2D eigenvalue weighted by Crippen LogP contribution is -2.56. The van der Waals surface area contributed by atoms with Crippen LogP contribution in [0.2, 0.25) is 0 Å². The average Bonchev–Trinajstić information content (AvgIpc) is 2.54. The smallest absolute Gasteiger partial charge is 0.312 e. The zero-order valence-electron chi connectivity index (χ0n) is 13.5. The van der Waals surface area contributed by atoms with Crippen molar-refractivity contribution in [1.82, 2.24) is 16.2 Å². The van der Waals surface area contributed by atoms with Gasteiger partial charge in [0, 0.05) is 4.47 Å². The van der Waals surface area contributed by atoms with E-state index >= 15 is 0 Å². The number of nitrogens with two attached hydrogens (primary N) is 1. The Morgan fingerprint density at radius 1 is 1.29 bits per heavy atom. The van der Waals surface area contributed by atoms with E-state index in [4.69, 9.17) is 10.5 Å². The number of amides is 4. The maximum Gasteiger partial charge on any atom is 0.312 e. The van der Waals surface area contributed by atoms with Gasteiger partial charge in [0.25, 0.3) is 11.8 Å². The molecule has 0 heterocycles. The van der Waals surface area contributed by atoms with E-state index in [-0.39, 0.29) is 12.5 Å². The number of hydrogen-bond acceptors (Lipinski definition) is 4. The van der Waals surface area contributed by atoms with Crippen molar-refractivity contribution < 1.29 is 19.1 Å². The molecule has 0 saturated carbocycles. The number of carbonyl (C=O) groups is 3. The summed E-state index contributed by atoms with van der Waals surface area (Å²) in [6.07, 6.45) is 0.651. The van der Waals surface area contributed by atoms with Crippen LogP contribution in [0.5, 0.6) is 5.75 Å². The first-order valence-electron chi connectivity index (χ1n) is 7.36. The number of benzene rings is 1. The predicted octanol–water partition coefficient (Wildman–Crippen LogP) is 1.06. The van der Waals surface area contributed by atoms with Crippen LogP contribution in [0, 0.1) is 5.92 Å². The lowest BCUT2D eigenvalue weighted by Gasteiger charge is -2.22. The lowest BCUT2D eigenvalue weighted by molar-refractivity contribution is -0.131. The van der Waals surface area contributed by atoms with E-state index in [1.165, 1.54) is 0 Å². The number of hydrogen-bond donors (Lipinski definition) is 4. The van der Waals surface area contributed by atoms with E-state index < -0.39 is 23.9 Å². The van der Waals surface area contributed by atoms with Gasteiger partial charge in [0.05, 0.1) is 0 Å². The van der Waals surface area contributed by atoms with Gasteiger partial charge in [0.1, 0.15) is 11.8 Å². The van der Waals surface area contributed by atoms with Gasteiger partial charge in [-0.15, -0.1) is 0 Å². The van der Waals surface area contributed by atoms with E-state index in [9.17, 15) is 14.4 Å². The Morgan fingerprint density at radius 3 is 2.58 bits per heavy atom. The maximum absolute atomic E-state index is 12.1. The van der Waals surface area contributed by atoms with Crippen LogP contribution >= 0.6 is 15.9 Å². The second kappa shape index (κ2) is 9.76. The molecule has 0 aliphatic carbocycles. The molecule has 1 rings (SSSR count). The molecule has 0 bridgehead atoms. The van der Waals surface area contributed by atoms with Gasteiger partial charge in [-0.05, 0) is 24.1 Å². The van der Waals surface area contributed by atoms with Crippen LogP contribution < -0.4 is 26.6 Å². The van der Waals surface area contributed by atoms with Crippen molar-refractivity contribution in [3.63, 3.8) is 0 Å². The third kappa shape index (κ3) is 6.86. The molecule has 24 heavy (non-hydrogen) atoms. The van der Waals surface area contributed by atoms with Crippen LogP contribution in [-0.2, 0) is 9.59 Å². The Hall–Kier alpha value is -2.29. The summed E-state index contributed by atoms with van der Waals surface area (Å²) in [5.74, 6) is -0.727. The van der Waals surface area contributed by atoms with Crippen molar-refractivity contribution in [3.8, 4) is 5.75 Å². The van der Waals surface area contributed by atoms with E-state index in [1.54, 1.807) is 25.1 Å². The highest BCUT2D eigenvalue weighted by Crippen LogP contribution is 2.17. The van der Waals surface area contributed by atoms with Crippen LogP contribution in [0.1, 0.15) is 20.3 Å². The summed E-state index contributed by atoms with van der Waals surface area (Å²) < 4.78 is 6.11. The molecule has 8 nitrogen and oxygen atoms in total. The van der Waals surface area contributed by atoms with Crippen molar-refractivity contribution in [2.45, 2.75) is 26.3 Å². The minimum absolute atomic E-state index is 0.146. The first-order chi connectivity index (χ1) is 11.3. The number of nitrogens with one attached hydrogen (secondary N) is 3. The molecule has 0 aliphatic rings. The Kier molecular flexibility index (Phi) is 8.03. The Balaban J connectivity index is 2.46. The summed E-state index contributed by atoms with van der Waals surface area (Å²) in [4.78, 5) is 34.8. The number of rotatable bonds is 7. The quantitative estimate of drug-likeness (QED) is 0.510. The summed E-state index contributed by atoms with van der Waals surface area (Å²) >= 11 is 3.29. The van der Waals surface area contributed by atoms with Gasteiger partial charge in [-0.2, -0.15) is 0 Å². The summed E-state index contributed by atoms with van der Waals surface area (Å²) in [7, 11) is 0. The molecule has 2 atom stereocenters. The van der Waals surface area contributed by atoms with Gasteiger partial charge >= 0.3 is 6.03 Å². The number of hydrazine groups is 1. The van der Waals surface area contributed by atoms with Crippen molar-refractivity contribution in [2.24, 2.45) is 11.7 Å². The molecule has 1 aromatic carbocycles. The van der Waals surface area contributed by atoms with E-state index in [2.05, 4.69) is 32.1 Å². The standard InChI is InChI=1S/C15H21BrN4O4/c1-3-9(2)13(18-15(17)23)14(22)20-19-12(21)8-24-11-6-4-5-10(16)7-11/h4-7,9,13H,3,8H2,1-2H3,(H,19,21)(H,20,22)(H3,17,18,23)/t9-,13-/m1/s1. The number of urea groups is 1. The normalized spacial score (nSPS) is 12.6. The molecule has 1 aromatic rings. The van der Waals surface area contributed by atoms with Crippen molar-refractivity contribution in [1.29, 1.82) is 0 Å². The number of halogens is 1. The minimum atomic E-state index is -0.834. The van der Waals surface area contributed by atoms with Crippen LogP contribution in [0.15, 0.2) is 28.7 Å². The molecule has 0 spiro atoms. The minimum Gasteiger partial charge on any atom is -0.484 e. The fourth-order valence-electron chi connectivity index (χ4n) is 1.81. The fourth-order valence-corrected chi connectivity index (χ4v) is 2.18. The molecule has 0 radical (unpaired) electrons. The van der Waals surface area contributed by atoms with Crippen LogP contribution in [0.4, 0.5) is 4.79 Å². The Labute approximate surface area is 148 Å². The molecule has 0 saturated heterocycles. The first-order valence-corrected chi connectivity index (χ1v) is 8.15. The molecule has 9 heteroatoms. The predicted molar refractivity (Wildman–Crippen MR) is 91.9 cm³/mol. The second-order valence-corrected chi connectivity index (χ2v) is 6.07. The van der Waals surface area contributed by atoms with E-state index in [0.717, 1.165) is 4.47 Å². The molecule has 0 fully saturated rings. The molecule has 132 valence electrons. The maximum atomic E-state index is 12.1. The summed E-state index contributed by atoms with van der Waals surface area (Å²) in [5.41, 5.74) is 9.55. The SMILES string of the molecule is CC[C@@H](C)[C@@H](NC(N)=O)C(=O)NNC(=O)COc1cccc(Br)c1. The second-order valence-electron chi connectivity index (χ2n) is 5.16. The van der Waals surface area contributed by atoms with Crippen LogP contribution in [0.25, 0.3) is 0 Å². The Morgan fingerprint density at radius 2 is 2.00 bits per heavy atom.